The van der Waals surface area contributed by atoms with Crippen LogP contribution in [0, 0.1) is 0 Å². The highest BCUT2D eigenvalue weighted by Gasteiger charge is 2.03. The normalized spacial score (nSPS) is 14.6. The van der Waals surface area contributed by atoms with Gasteiger partial charge in [0.15, 0.2) is 0 Å². The topological polar surface area (TPSA) is 0 Å². The van der Waals surface area contributed by atoms with Gasteiger partial charge in [0.2, 0.25) is 7.42 Å². The minimum atomic E-state index is -1.37. The molecule has 0 N–H and O–H groups in total. The van der Waals surface area contributed by atoms with E-state index in [9.17, 15) is 0 Å². The molecule has 0 bridgehead atoms. The van der Waals surface area contributed by atoms with E-state index in [1.807, 2.05) is 6.92 Å². The monoisotopic (exact) mass is 190 g/mol. The van der Waals surface area contributed by atoms with Crippen LogP contribution in [0.5, 0.6) is 0 Å². The molecule has 1 atom stereocenters. The van der Waals surface area contributed by atoms with E-state index in [1.54, 1.807) is 0 Å². The quantitative estimate of drug-likeness (QED) is 0.366. The first kappa shape index (κ1) is 9.09. The van der Waals surface area contributed by atoms with Gasteiger partial charge in [-0.25, -0.2) is 0 Å². The van der Waals surface area contributed by atoms with Gasteiger partial charge in [0.25, 0.3) is 0 Å². The molecule has 0 rings (SSSR count). The summed E-state index contributed by atoms with van der Waals surface area (Å²) in [5.41, 5.74) is 0. The van der Waals surface area contributed by atoms with E-state index in [2.05, 4.69) is 0 Å². The molecule has 0 saturated heterocycles. The maximum atomic E-state index is 5.63. The molecule has 8 heavy (non-hydrogen) atoms. The van der Waals surface area contributed by atoms with Crippen molar-refractivity contribution in [2.24, 2.45) is 0 Å². The Morgan fingerprint density at radius 2 is 2.00 bits per heavy atom. The number of hydrogen-bond donors (Lipinski definition) is 0. The van der Waals surface area contributed by atoms with Crippen molar-refractivity contribution in [3.63, 3.8) is 0 Å². The first-order valence-corrected chi connectivity index (χ1v) is 7.29. The van der Waals surface area contributed by atoms with E-state index < -0.39 is 7.42 Å². The molecule has 50 valence electrons. The fraction of sp³-hybridized carbons (Fsp3) is 1.00. The van der Waals surface area contributed by atoms with Crippen LogP contribution < -0.4 is 0 Å². The zero-order chi connectivity index (χ0) is 6.57. The largest absolute Gasteiger partial charge is 0.237 e. The van der Waals surface area contributed by atoms with Crippen molar-refractivity contribution < 1.29 is 0 Å². The lowest BCUT2D eigenvalue weighted by Crippen LogP contribution is -1.97. The maximum absolute atomic E-state index is 5.63. The molecule has 0 heterocycles. The molecule has 0 aromatic carbocycles. The fourth-order valence-corrected chi connectivity index (χ4v) is 2.20. The number of hydrogen-bond acceptors (Lipinski definition) is 0. The van der Waals surface area contributed by atoms with Crippen LogP contribution in [0.4, 0.5) is 0 Å². The van der Waals surface area contributed by atoms with E-state index >= 15 is 0 Å². The van der Waals surface area contributed by atoms with Crippen molar-refractivity contribution in [1.29, 1.82) is 0 Å². The third-order valence-electron chi connectivity index (χ3n) is 0.783. The van der Waals surface area contributed by atoms with Crippen LogP contribution in [0.3, 0.4) is 0 Å². The predicted molar refractivity (Wildman–Crippen MR) is 43.6 cm³/mol. The lowest BCUT2D eigenvalue weighted by molar-refractivity contribution is 0.890. The molecule has 0 fully saturated rings. The predicted octanol–water partition coefficient (Wildman–Crippen LogP) is 2.70. The SMILES string of the molecule is CC(Cl)CC[SiH](Cl)Cl. The summed E-state index contributed by atoms with van der Waals surface area (Å²) >= 11 is 16.8. The Hall–Kier alpha value is 1.09. The summed E-state index contributed by atoms with van der Waals surface area (Å²) in [6, 6.07) is 0.924. The molecule has 0 aliphatic rings. The van der Waals surface area contributed by atoms with Crippen molar-refractivity contribution in [1.82, 2.24) is 0 Å². The van der Waals surface area contributed by atoms with Crippen LogP contribution in [0.15, 0.2) is 0 Å². The van der Waals surface area contributed by atoms with Gasteiger partial charge in [-0.2, -0.15) is 22.2 Å². The highest BCUT2D eigenvalue weighted by atomic mass is 35.7. The van der Waals surface area contributed by atoms with Gasteiger partial charge in [-0.3, -0.25) is 0 Å². The average molecular weight is 192 g/mol. The third kappa shape index (κ3) is 7.09. The molecule has 0 nitrogen and oxygen atoms in total. The minimum Gasteiger partial charge on any atom is -0.150 e. The van der Waals surface area contributed by atoms with Gasteiger partial charge < -0.3 is 0 Å². The summed E-state index contributed by atoms with van der Waals surface area (Å²) in [4.78, 5) is 0. The second-order valence-electron chi connectivity index (χ2n) is 1.75. The third-order valence-corrected chi connectivity index (χ3v) is 3.08. The Morgan fingerprint density at radius 1 is 1.50 bits per heavy atom. The Bertz CT molecular complexity index is 47.2. The minimum absolute atomic E-state index is 0.225. The van der Waals surface area contributed by atoms with Crippen LogP contribution in [0.2, 0.25) is 6.04 Å². The van der Waals surface area contributed by atoms with E-state index in [1.165, 1.54) is 0 Å². The molecule has 1 unspecified atom stereocenters. The summed E-state index contributed by atoms with van der Waals surface area (Å²) in [7, 11) is -1.37. The fourth-order valence-electron chi connectivity index (χ4n) is 0.356. The van der Waals surface area contributed by atoms with Gasteiger partial charge in [-0.15, -0.1) is 11.6 Å². The van der Waals surface area contributed by atoms with Gasteiger partial charge in [0.05, 0.1) is 0 Å². The standard InChI is InChI=1S/C4H9Cl3Si/c1-4(5)2-3-8(6)7/h4,8H,2-3H2,1H3. The number of alkyl halides is 1. The van der Waals surface area contributed by atoms with Crippen molar-refractivity contribution >= 4 is 41.2 Å². The molecule has 0 radical (unpaired) electrons. The molecule has 0 aromatic heterocycles. The van der Waals surface area contributed by atoms with Gasteiger partial charge >= 0.3 is 0 Å². The van der Waals surface area contributed by atoms with Crippen molar-refractivity contribution in [2.45, 2.75) is 24.8 Å². The van der Waals surface area contributed by atoms with Crippen molar-refractivity contribution in [3.8, 4) is 0 Å². The first-order chi connectivity index (χ1) is 3.63. The van der Waals surface area contributed by atoms with Crippen molar-refractivity contribution in [2.75, 3.05) is 0 Å². The maximum Gasteiger partial charge on any atom is 0.237 e. The Balaban J connectivity index is 2.93. The molecule has 0 saturated carbocycles. The first-order valence-electron chi connectivity index (χ1n) is 2.55. The van der Waals surface area contributed by atoms with E-state index in [-0.39, 0.29) is 5.38 Å². The van der Waals surface area contributed by atoms with Crippen LogP contribution in [-0.4, -0.2) is 12.8 Å². The molecule has 0 spiro atoms. The number of halogens is 3. The molecular formula is C4H9Cl3Si. The molecule has 0 aliphatic carbocycles. The lowest BCUT2D eigenvalue weighted by atomic mass is 10.4. The van der Waals surface area contributed by atoms with E-state index in [4.69, 9.17) is 33.8 Å². The zero-order valence-corrected chi connectivity index (χ0v) is 8.13. The van der Waals surface area contributed by atoms with Gasteiger partial charge in [-0.05, 0) is 19.4 Å². The summed E-state index contributed by atoms with van der Waals surface area (Å²) in [5.74, 6) is 0. The Labute approximate surface area is 66.1 Å². The summed E-state index contributed by atoms with van der Waals surface area (Å²) in [5, 5.41) is 0.225. The van der Waals surface area contributed by atoms with Crippen LogP contribution in [0.25, 0.3) is 0 Å². The highest BCUT2D eigenvalue weighted by molar-refractivity contribution is 7.33. The summed E-state index contributed by atoms with van der Waals surface area (Å²) in [6.07, 6.45) is 0.950. The van der Waals surface area contributed by atoms with Gasteiger partial charge in [-0.1, -0.05) is 0 Å². The molecule has 4 heteroatoms. The van der Waals surface area contributed by atoms with Crippen LogP contribution >= 0.6 is 33.8 Å². The van der Waals surface area contributed by atoms with Crippen LogP contribution in [0.1, 0.15) is 13.3 Å². The second-order valence-corrected chi connectivity index (χ2v) is 7.68. The molecule has 0 aromatic rings. The summed E-state index contributed by atoms with van der Waals surface area (Å²) in [6.45, 7) is 1.95. The highest BCUT2D eigenvalue weighted by Crippen LogP contribution is 2.11. The van der Waals surface area contributed by atoms with E-state index in [0.717, 1.165) is 12.5 Å². The Morgan fingerprint density at radius 3 is 2.12 bits per heavy atom. The zero-order valence-electron chi connectivity index (χ0n) is 4.70. The van der Waals surface area contributed by atoms with E-state index in [0.29, 0.717) is 0 Å². The summed E-state index contributed by atoms with van der Waals surface area (Å²) < 4.78 is 0. The smallest absolute Gasteiger partial charge is 0.150 e. The second kappa shape index (κ2) is 4.92. The van der Waals surface area contributed by atoms with Crippen molar-refractivity contribution in [3.05, 3.63) is 0 Å². The molecular weight excluding hydrogens is 182 g/mol. The van der Waals surface area contributed by atoms with Gasteiger partial charge in [0.1, 0.15) is 0 Å². The van der Waals surface area contributed by atoms with Crippen LogP contribution in [-0.2, 0) is 0 Å². The molecule has 0 amide bonds. The molecule has 0 aliphatic heterocycles. The lowest BCUT2D eigenvalue weighted by Gasteiger charge is -1.99. The number of rotatable bonds is 3. The van der Waals surface area contributed by atoms with Gasteiger partial charge in [0, 0.05) is 5.38 Å². The average Bonchev–Trinajstić information content (AvgIpc) is 1.61. The Kier molecular flexibility index (Phi) is 5.59.